The summed E-state index contributed by atoms with van der Waals surface area (Å²) in [4.78, 5) is 3.92. The highest BCUT2D eigenvalue weighted by Crippen LogP contribution is 2.00. The van der Waals surface area contributed by atoms with E-state index in [1.807, 2.05) is 27.7 Å². The summed E-state index contributed by atoms with van der Waals surface area (Å²) >= 11 is 0. The molecule has 58 valence electrons. The van der Waals surface area contributed by atoms with Crippen LogP contribution in [0.5, 0.6) is 0 Å². The van der Waals surface area contributed by atoms with Crippen LogP contribution in [0.2, 0.25) is 0 Å². The second kappa shape index (κ2) is 5.03. The van der Waals surface area contributed by atoms with Crippen LogP contribution in [-0.2, 0) is 6.42 Å². The van der Waals surface area contributed by atoms with E-state index in [-0.39, 0.29) is 0 Å². The molecule has 0 saturated heterocycles. The number of aryl methyl sites for hydroxylation is 2. The summed E-state index contributed by atoms with van der Waals surface area (Å²) in [6.45, 7) is 7.89. The molecule has 0 N–H and O–H groups in total. The van der Waals surface area contributed by atoms with Crippen molar-refractivity contribution in [2.24, 2.45) is 0 Å². The summed E-state index contributed by atoms with van der Waals surface area (Å²) in [5, 5.41) is 0. The minimum atomic E-state index is 0.752. The van der Waals surface area contributed by atoms with E-state index in [1.54, 1.807) is 6.20 Å². The Morgan fingerprint density at radius 2 is 2.10 bits per heavy atom. The normalized spacial score (nSPS) is 8.40. The quantitative estimate of drug-likeness (QED) is 0.600. The fourth-order valence-corrected chi connectivity index (χ4v) is 0.569. The molecule has 0 saturated carbocycles. The average molecular weight is 141 g/mol. The van der Waals surface area contributed by atoms with Crippen LogP contribution in [0.15, 0.2) is 10.6 Å². The predicted octanol–water partition coefficient (Wildman–Crippen LogP) is 2.57. The van der Waals surface area contributed by atoms with Crippen molar-refractivity contribution in [3.05, 3.63) is 17.8 Å². The zero-order chi connectivity index (χ0) is 7.98. The number of hydrogen-bond acceptors (Lipinski definition) is 2. The highest BCUT2D eigenvalue weighted by Gasteiger charge is 1.92. The largest absolute Gasteiger partial charge is 0.446 e. The number of oxazole rings is 1. The summed E-state index contributed by atoms with van der Waals surface area (Å²) in [6, 6.07) is 0. The van der Waals surface area contributed by atoms with Crippen molar-refractivity contribution in [2.75, 3.05) is 0 Å². The van der Waals surface area contributed by atoms with Crippen LogP contribution in [0.4, 0.5) is 0 Å². The summed E-state index contributed by atoms with van der Waals surface area (Å²) in [5.41, 5.74) is 0. The third kappa shape index (κ3) is 2.67. The van der Waals surface area contributed by atoms with Crippen molar-refractivity contribution in [3.8, 4) is 0 Å². The third-order valence-electron chi connectivity index (χ3n) is 1.02. The van der Waals surface area contributed by atoms with Crippen molar-refractivity contribution >= 4 is 0 Å². The molecule has 0 aliphatic rings. The highest BCUT2D eigenvalue weighted by molar-refractivity contribution is 4.91. The summed E-state index contributed by atoms with van der Waals surface area (Å²) in [7, 11) is 0. The average Bonchev–Trinajstić information content (AvgIpc) is 2.40. The molecule has 2 nitrogen and oxygen atoms in total. The van der Waals surface area contributed by atoms with Crippen molar-refractivity contribution in [3.63, 3.8) is 0 Å². The molecule has 0 radical (unpaired) electrons. The molecule has 0 fully saturated rings. The topological polar surface area (TPSA) is 26.0 Å². The number of nitrogens with zero attached hydrogens (tertiary/aromatic N) is 1. The fraction of sp³-hybridized carbons (Fsp3) is 0.625. The van der Waals surface area contributed by atoms with Gasteiger partial charge in [-0.3, -0.25) is 0 Å². The Bertz CT molecular complexity index is 170. The van der Waals surface area contributed by atoms with Crippen molar-refractivity contribution in [2.45, 2.75) is 34.1 Å². The molecule has 0 bridgehead atoms. The lowest BCUT2D eigenvalue weighted by Gasteiger charge is -1.80. The van der Waals surface area contributed by atoms with Gasteiger partial charge in [0.15, 0.2) is 5.89 Å². The molecule has 1 aromatic heterocycles. The Hall–Kier alpha value is -0.790. The SMILES string of the molecule is CC.CCc1cnc(C)o1. The van der Waals surface area contributed by atoms with Gasteiger partial charge in [0.2, 0.25) is 0 Å². The third-order valence-corrected chi connectivity index (χ3v) is 1.02. The minimum Gasteiger partial charge on any atom is -0.446 e. The molecule has 1 aromatic rings. The van der Waals surface area contributed by atoms with Gasteiger partial charge >= 0.3 is 0 Å². The first-order valence-corrected chi connectivity index (χ1v) is 3.74. The molecule has 0 aliphatic carbocycles. The van der Waals surface area contributed by atoms with E-state index >= 15 is 0 Å². The van der Waals surface area contributed by atoms with Gasteiger partial charge in [-0.25, -0.2) is 4.98 Å². The molecule has 1 heterocycles. The first-order valence-electron chi connectivity index (χ1n) is 3.74. The molecule has 0 aliphatic heterocycles. The molecule has 1 rings (SSSR count). The fourth-order valence-electron chi connectivity index (χ4n) is 0.569. The van der Waals surface area contributed by atoms with Crippen molar-refractivity contribution < 1.29 is 4.42 Å². The van der Waals surface area contributed by atoms with E-state index in [2.05, 4.69) is 4.98 Å². The first kappa shape index (κ1) is 9.21. The van der Waals surface area contributed by atoms with Gasteiger partial charge in [-0.1, -0.05) is 20.8 Å². The van der Waals surface area contributed by atoms with Gasteiger partial charge in [0, 0.05) is 13.3 Å². The first-order chi connectivity index (χ1) is 4.83. The van der Waals surface area contributed by atoms with Crippen LogP contribution in [0, 0.1) is 6.92 Å². The lowest BCUT2D eigenvalue weighted by Crippen LogP contribution is -1.67. The lowest BCUT2D eigenvalue weighted by molar-refractivity contribution is 0.480. The molecule has 0 atom stereocenters. The molecule has 0 spiro atoms. The molecule has 0 aromatic carbocycles. The van der Waals surface area contributed by atoms with Gasteiger partial charge in [0.05, 0.1) is 6.20 Å². The number of hydrogen-bond donors (Lipinski definition) is 0. The van der Waals surface area contributed by atoms with Gasteiger partial charge in [-0.15, -0.1) is 0 Å². The second-order valence-corrected chi connectivity index (χ2v) is 1.70. The van der Waals surface area contributed by atoms with Crippen LogP contribution >= 0.6 is 0 Å². The molecule has 0 amide bonds. The molecular formula is C8H15NO. The van der Waals surface area contributed by atoms with Crippen LogP contribution < -0.4 is 0 Å². The van der Waals surface area contributed by atoms with E-state index in [4.69, 9.17) is 4.42 Å². The number of aromatic nitrogens is 1. The second-order valence-electron chi connectivity index (χ2n) is 1.70. The molecule has 2 heteroatoms. The maximum absolute atomic E-state index is 5.12. The van der Waals surface area contributed by atoms with E-state index in [0.717, 1.165) is 18.1 Å². The molecular weight excluding hydrogens is 126 g/mol. The predicted molar refractivity (Wildman–Crippen MR) is 42.0 cm³/mol. The number of rotatable bonds is 1. The Morgan fingerprint density at radius 3 is 2.30 bits per heavy atom. The van der Waals surface area contributed by atoms with Crippen molar-refractivity contribution in [1.29, 1.82) is 0 Å². The van der Waals surface area contributed by atoms with Gasteiger partial charge in [-0.2, -0.15) is 0 Å². The maximum Gasteiger partial charge on any atom is 0.191 e. The van der Waals surface area contributed by atoms with Crippen molar-refractivity contribution in [1.82, 2.24) is 4.98 Å². The maximum atomic E-state index is 5.12. The lowest BCUT2D eigenvalue weighted by atomic mass is 10.4. The van der Waals surface area contributed by atoms with E-state index in [9.17, 15) is 0 Å². The van der Waals surface area contributed by atoms with E-state index in [1.165, 1.54) is 0 Å². The summed E-state index contributed by atoms with van der Waals surface area (Å²) in [6.07, 6.45) is 2.69. The minimum absolute atomic E-state index is 0.752. The van der Waals surface area contributed by atoms with Gasteiger partial charge in [0.1, 0.15) is 5.76 Å². The Kier molecular flexibility index (Phi) is 4.63. The smallest absolute Gasteiger partial charge is 0.191 e. The standard InChI is InChI=1S/C6H9NO.C2H6/c1-3-6-4-7-5(2)8-6;1-2/h4H,3H2,1-2H3;1-2H3. The monoisotopic (exact) mass is 141 g/mol. The van der Waals surface area contributed by atoms with Crippen LogP contribution in [-0.4, -0.2) is 4.98 Å². The van der Waals surface area contributed by atoms with Crippen LogP contribution in [0.25, 0.3) is 0 Å². The zero-order valence-corrected chi connectivity index (χ0v) is 7.14. The van der Waals surface area contributed by atoms with Gasteiger partial charge < -0.3 is 4.42 Å². The Balaban J connectivity index is 0.000000371. The van der Waals surface area contributed by atoms with E-state index < -0.39 is 0 Å². The van der Waals surface area contributed by atoms with Crippen LogP contribution in [0.1, 0.15) is 32.4 Å². The highest BCUT2D eigenvalue weighted by atomic mass is 16.3. The molecule has 0 unspecified atom stereocenters. The Labute approximate surface area is 62.3 Å². The summed E-state index contributed by atoms with van der Waals surface area (Å²) in [5.74, 6) is 1.71. The van der Waals surface area contributed by atoms with Gasteiger partial charge in [0.25, 0.3) is 0 Å². The summed E-state index contributed by atoms with van der Waals surface area (Å²) < 4.78 is 5.12. The molecule has 10 heavy (non-hydrogen) atoms. The van der Waals surface area contributed by atoms with Crippen LogP contribution in [0.3, 0.4) is 0 Å². The Morgan fingerprint density at radius 1 is 1.50 bits per heavy atom. The zero-order valence-electron chi connectivity index (χ0n) is 7.14. The van der Waals surface area contributed by atoms with E-state index in [0.29, 0.717) is 0 Å². The van der Waals surface area contributed by atoms with Gasteiger partial charge in [-0.05, 0) is 0 Å².